The topological polar surface area (TPSA) is 56.3 Å². The molecule has 106 valence electrons. The van der Waals surface area contributed by atoms with Crippen molar-refractivity contribution in [1.29, 1.82) is 0 Å². The van der Waals surface area contributed by atoms with Gasteiger partial charge in [0, 0.05) is 0 Å². The molecule has 0 aliphatic heterocycles. The fourth-order valence-electron chi connectivity index (χ4n) is 1.70. The van der Waals surface area contributed by atoms with E-state index in [9.17, 15) is 4.39 Å². The van der Waals surface area contributed by atoms with Crippen LogP contribution in [0.3, 0.4) is 0 Å². The second-order valence-electron chi connectivity index (χ2n) is 3.85. The largest absolute Gasteiger partial charge is 0.481 e. The molecule has 1 heterocycles. The monoisotopic (exact) mass is 297 g/mol. The summed E-state index contributed by atoms with van der Waals surface area (Å²) in [6, 6.07) is 4.08. The molecule has 0 amide bonds. The highest BCUT2D eigenvalue weighted by Gasteiger charge is 2.13. The molecule has 0 aliphatic rings. The van der Waals surface area contributed by atoms with Crippen LogP contribution in [-0.2, 0) is 6.54 Å². The van der Waals surface area contributed by atoms with Gasteiger partial charge in [-0.1, -0.05) is 11.6 Å². The summed E-state index contributed by atoms with van der Waals surface area (Å²) in [4.78, 5) is 8.00. The number of hydrogen-bond acceptors (Lipinski definition) is 5. The highest BCUT2D eigenvalue weighted by atomic mass is 35.5. The second-order valence-corrected chi connectivity index (χ2v) is 4.26. The molecule has 2 aromatic rings. The van der Waals surface area contributed by atoms with E-state index < -0.39 is 0 Å². The lowest BCUT2D eigenvalue weighted by atomic mass is 10.2. The van der Waals surface area contributed by atoms with Crippen molar-refractivity contribution >= 4 is 17.3 Å². The van der Waals surface area contributed by atoms with Crippen molar-refractivity contribution in [3.05, 3.63) is 40.9 Å². The summed E-state index contributed by atoms with van der Waals surface area (Å²) < 4.78 is 23.5. The summed E-state index contributed by atoms with van der Waals surface area (Å²) in [7, 11) is 3.00. The molecule has 1 aromatic carbocycles. The summed E-state index contributed by atoms with van der Waals surface area (Å²) in [5.74, 6) is 0.397. The number of anilines is 1. The number of benzene rings is 1. The van der Waals surface area contributed by atoms with E-state index in [1.807, 2.05) is 0 Å². The molecule has 20 heavy (non-hydrogen) atoms. The van der Waals surface area contributed by atoms with Crippen molar-refractivity contribution in [2.24, 2.45) is 0 Å². The third kappa shape index (κ3) is 3.08. The Labute approximate surface area is 120 Å². The number of ether oxygens (including phenoxy) is 2. The first-order valence-electron chi connectivity index (χ1n) is 5.76. The smallest absolute Gasteiger partial charge is 0.225 e. The quantitative estimate of drug-likeness (QED) is 0.919. The zero-order valence-corrected chi connectivity index (χ0v) is 11.7. The molecule has 0 unspecified atom stereocenters. The Bertz CT molecular complexity index is 588. The molecule has 0 saturated carbocycles. The van der Waals surface area contributed by atoms with Gasteiger partial charge in [0.2, 0.25) is 11.8 Å². The molecule has 1 aromatic heterocycles. The fraction of sp³-hybridized carbons (Fsp3) is 0.231. The summed E-state index contributed by atoms with van der Waals surface area (Å²) in [6.07, 6.45) is 1.34. The van der Waals surface area contributed by atoms with E-state index in [0.29, 0.717) is 28.0 Å². The number of hydrogen-bond donors (Lipinski definition) is 1. The van der Waals surface area contributed by atoms with Gasteiger partial charge in [-0.2, -0.15) is 0 Å². The lowest BCUT2D eigenvalue weighted by Crippen LogP contribution is -2.07. The number of nitrogens with one attached hydrogen (secondary N) is 1. The molecule has 0 aliphatic carbocycles. The summed E-state index contributed by atoms with van der Waals surface area (Å²) in [5.41, 5.74) is 1.09. The average molecular weight is 298 g/mol. The third-order valence-corrected chi connectivity index (χ3v) is 2.97. The molecule has 0 spiro atoms. The Morgan fingerprint density at radius 3 is 2.45 bits per heavy atom. The average Bonchev–Trinajstić information content (AvgIpc) is 2.47. The van der Waals surface area contributed by atoms with Gasteiger partial charge in [0.1, 0.15) is 12.1 Å². The normalized spacial score (nSPS) is 10.2. The predicted molar refractivity (Wildman–Crippen MR) is 73.9 cm³/mol. The Morgan fingerprint density at radius 1 is 1.20 bits per heavy atom. The molecule has 0 fully saturated rings. The van der Waals surface area contributed by atoms with Crippen molar-refractivity contribution in [3.8, 4) is 11.8 Å². The van der Waals surface area contributed by atoms with Gasteiger partial charge in [0.25, 0.3) is 0 Å². The predicted octanol–water partition coefficient (Wildman–Crippen LogP) is 2.90. The first kappa shape index (κ1) is 14.3. The molecule has 0 radical (unpaired) electrons. The van der Waals surface area contributed by atoms with Crippen molar-refractivity contribution in [2.75, 3.05) is 19.5 Å². The molecule has 0 bridgehead atoms. The summed E-state index contributed by atoms with van der Waals surface area (Å²) >= 11 is 5.99. The maximum atomic E-state index is 13.2. The minimum atomic E-state index is -0.375. The van der Waals surface area contributed by atoms with E-state index in [4.69, 9.17) is 21.1 Å². The van der Waals surface area contributed by atoms with Crippen LogP contribution in [0.15, 0.2) is 24.5 Å². The lowest BCUT2D eigenvalue weighted by Gasteiger charge is -2.13. The Morgan fingerprint density at radius 2 is 1.85 bits per heavy atom. The zero-order chi connectivity index (χ0) is 14.5. The highest BCUT2D eigenvalue weighted by Crippen LogP contribution is 2.27. The van der Waals surface area contributed by atoms with E-state index in [-0.39, 0.29) is 12.4 Å². The maximum absolute atomic E-state index is 13.2. The molecule has 7 heteroatoms. The van der Waals surface area contributed by atoms with Gasteiger partial charge in [-0.15, -0.1) is 0 Å². The van der Waals surface area contributed by atoms with Crippen LogP contribution in [0.2, 0.25) is 5.02 Å². The standard InChI is InChI=1S/C13H13ClFN3O2/c1-19-12-9(13(20-2)18-7-17-12)6-16-11-5-8(15)3-4-10(11)14/h3-5,7,16H,6H2,1-2H3. The molecule has 5 nitrogen and oxygen atoms in total. The van der Waals surface area contributed by atoms with Gasteiger partial charge in [-0.05, 0) is 18.2 Å². The van der Waals surface area contributed by atoms with Crippen molar-refractivity contribution in [3.63, 3.8) is 0 Å². The van der Waals surface area contributed by atoms with Crippen molar-refractivity contribution in [1.82, 2.24) is 9.97 Å². The minimum absolute atomic E-state index is 0.288. The number of rotatable bonds is 5. The molecular weight excluding hydrogens is 285 g/mol. The van der Waals surface area contributed by atoms with E-state index in [0.717, 1.165) is 0 Å². The molecular formula is C13H13ClFN3O2. The van der Waals surface area contributed by atoms with Crippen LogP contribution in [0, 0.1) is 5.82 Å². The van der Waals surface area contributed by atoms with Crippen LogP contribution in [0.4, 0.5) is 10.1 Å². The first-order valence-corrected chi connectivity index (χ1v) is 6.14. The van der Waals surface area contributed by atoms with E-state index in [2.05, 4.69) is 15.3 Å². The number of nitrogens with zero attached hydrogens (tertiary/aromatic N) is 2. The van der Waals surface area contributed by atoms with E-state index in [1.54, 1.807) is 0 Å². The van der Waals surface area contributed by atoms with Crippen LogP contribution in [0.5, 0.6) is 11.8 Å². The van der Waals surface area contributed by atoms with Crippen LogP contribution < -0.4 is 14.8 Å². The van der Waals surface area contributed by atoms with Crippen LogP contribution >= 0.6 is 11.6 Å². The Hall–Kier alpha value is -2.08. The molecule has 0 atom stereocenters. The van der Waals surface area contributed by atoms with Gasteiger partial charge < -0.3 is 14.8 Å². The number of halogens is 2. The number of methoxy groups -OCH3 is 2. The molecule has 0 saturated heterocycles. The van der Waals surface area contributed by atoms with Gasteiger partial charge >= 0.3 is 0 Å². The summed E-state index contributed by atoms with van der Waals surface area (Å²) in [5, 5.41) is 3.43. The molecule has 1 N–H and O–H groups in total. The van der Waals surface area contributed by atoms with E-state index in [1.165, 1.54) is 38.7 Å². The first-order chi connectivity index (χ1) is 9.65. The highest BCUT2D eigenvalue weighted by molar-refractivity contribution is 6.33. The Balaban J connectivity index is 2.24. The van der Waals surface area contributed by atoms with Crippen molar-refractivity contribution < 1.29 is 13.9 Å². The van der Waals surface area contributed by atoms with Gasteiger partial charge in [0.05, 0.1) is 37.0 Å². The van der Waals surface area contributed by atoms with Gasteiger partial charge in [-0.25, -0.2) is 14.4 Å². The van der Waals surface area contributed by atoms with Crippen LogP contribution in [-0.4, -0.2) is 24.2 Å². The zero-order valence-electron chi connectivity index (χ0n) is 11.0. The van der Waals surface area contributed by atoms with Crippen LogP contribution in [0.1, 0.15) is 5.56 Å². The van der Waals surface area contributed by atoms with Crippen molar-refractivity contribution in [2.45, 2.75) is 6.54 Å². The maximum Gasteiger partial charge on any atom is 0.225 e. The second kappa shape index (κ2) is 6.38. The Kier molecular flexibility index (Phi) is 4.57. The fourth-order valence-corrected chi connectivity index (χ4v) is 1.89. The molecule has 2 rings (SSSR count). The van der Waals surface area contributed by atoms with E-state index >= 15 is 0 Å². The summed E-state index contributed by atoms with van der Waals surface area (Å²) in [6.45, 7) is 0.288. The van der Waals surface area contributed by atoms with Gasteiger partial charge in [0.15, 0.2) is 0 Å². The minimum Gasteiger partial charge on any atom is -0.481 e. The lowest BCUT2D eigenvalue weighted by molar-refractivity contribution is 0.363. The SMILES string of the molecule is COc1ncnc(OC)c1CNc1cc(F)ccc1Cl. The van der Waals surface area contributed by atoms with Gasteiger partial charge in [-0.3, -0.25) is 0 Å². The third-order valence-electron chi connectivity index (χ3n) is 2.64. The van der Waals surface area contributed by atoms with Crippen LogP contribution in [0.25, 0.3) is 0 Å². The number of aromatic nitrogens is 2.